The van der Waals surface area contributed by atoms with Gasteiger partial charge in [0.1, 0.15) is 0 Å². The first kappa shape index (κ1) is 20.3. The Labute approximate surface area is 120 Å². The molecule has 0 saturated heterocycles. The Balaban J connectivity index is -0.000000403. The Morgan fingerprint density at radius 1 is 1.00 bits per heavy atom. The van der Waals surface area contributed by atoms with Gasteiger partial charge in [-0.15, -0.1) is 37.2 Å². The van der Waals surface area contributed by atoms with Gasteiger partial charge in [0, 0.05) is 0 Å². The summed E-state index contributed by atoms with van der Waals surface area (Å²) in [6.07, 6.45) is 0. The molecule has 0 heterocycles. The fourth-order valence-corrected chi connectivity index (χ4v) is 1.45. The predicted molar refractivity (Wildman–Crippen MR) is 64.3 cm³/mol. The zero-order chi connectivity index (χ0) is 8.32. The number of nitrogens with one attached hydrogen (secondary N) is 1. The van der Waals surface area contributed by atoms with Gasteiger partial charge < -0.3 is 0 Å². The Hall–Kier alpha value is 0.920. The minimum absolute atomic E-state index is 0. The van der Waals surface area contributed by atoms with Gasteiger partial charge in [-0.3, -0.25) is 0 Å². The second kappa shape index (κ2) is 9.17. The molecule has 0 fully saturated rings. The van der Waals surface area contributed by atoms with Gasteiger partial charge in [-0.05, 0) is 0 Å². The zero-order valence-electron chi connectivity index (χ0n) is 8.11. The van der Waals surface area contributed by atoms with E-state index in [1.54, 1.807) is 0 Å². The van der Waals surface area contributed by atoms with Gasteiger partial charge >= 0.3 is 83.2 Å². The first-order chi connectivity index (χ1) is 5.17. The van der Waals surface area contributed by atoms with E-state index < -0.39 is 0 Å². The Bertz CT molecular complexity index is 229. The van der Waals surface area contributed by atoms with Gasteiger partial charge in [-0.1, -0.05) is 0 Å². The molecule has 5 heteroatoms. The van der Waals surface area contributed by atoms with Crippen LogP contribution in [0.1, 0.15) is 19.4 Å². The summed E-state index contributed by atoms with van der Waals surface area (Å²) >= 11 is 1.03. The van der Waals surface area contributed by atoms with Gasteiger partial charge in [0.2, 0.25) is 0 Å². The van der Waals surface area contributed by atoms with Crippen molar-refractivity contribution in [3.63, 3.8) is 0 Å². The van der Waals surface area contributed by atoms with E-state index in [2.05, 4.69) is 41.4 Å². The van der Waals surface area contributed by atoms with E-state index in [9.17, 15) is 0 Å². The fraction of sp³-hybridized carbons (Fsp3) is 0.333. The van der Waals surface area contributed by atoms with Gasteiger partial charge in [-0.2, -0.15) is 0 Å². The number of halogens is 3. The number of hydrogen-bond donors (Lipinski definition) is 1. The van der Waals surface area contributed by atoms with E-state index in [-0.39, 0.29) is 42.8 Å². The molecule has 0 spiro atoms. The molecular weight excluding hydrogens is 407 g/mol. The van der Waals surface area contributed by atoms with Crippen molar-refractivity contribution in [3.8, 4) is 0 Å². The van der Waals surface area contributed by atoms with E-state index in [0.717, 1.165) is 24.7 Å². The fourth-order valence-electron chi connectivity index (χ4n) is 0.927. The van der Waals surface area contributed by atoms with Gasteiger partial charge in [0.15, 0.2) is 0 Å². The van der Waals surface area contributed by atoms with Crippen LogP contribution >= 0.6 is 37.2 Å². The minimum atomic E-state index is 0. The molecular formula is C9H15Cl3HfN. The van der Waals surface area contributed by atoms with Crippen LogP contribution in [-0.4, -0.2) is 0 Å². The SMILES string of the molecule is CC(C)([NH][Hf])c1ccccc1.Cl.Cl.Cl. The van der Waals surface area contributed by atoms with Crippen LogP contribution in [0, 0.1) is 0 Å². The second-order valence-corrected chi connectivity index (χ2v) is 4.01. The molecule has 0 amide bonds. The maximum absolute atomic E-state index is 3.40. The van der Waals surface area contributed by atoms with Crippen molar-refractivity contribution < 1.29 is 24.7 Å². The van der Waals surface area contributed by atoms with Crippen molar-refractivity contribution in [1.82, 2.24) is 3.30 Å². The predicted octanol–water partition coefficient (Wildman–Crippen LogP) is 3.24. The molecule has 0 aromatic heterocycles. The third-order valence-electron chi connectivity index (χ3n) is 1.81. The van der Waals surface area contributed by atoms with E-state index in [0.29, 0.717) is 0 Å². The first-order valence-corrected chi connectivity index (χ1v) is 5.46. The van der Waals surface area contributed by atoms with Gasteiger partial charge in [-0.25, -0.2) is 0 Å². The zero-order valence-corrected chi connectivity index (χ0v) is 14.2. The molecule has 0 aliphatic heterocycles. The number of rotatable bonds is 2. The molecule has 0 unspecified atom stereocenters. The van der Waals surface area contributed by atoms with Crippen molar-refractivity contribution in [2.24, 2.45) is 0 Å². The summed E-state index contributed by atoms with van der Waals surface area (Å²) < 4.78 is 3.40. The van der Waals surface area contributed by atoms with Gasteiger partial charge in [0.05, 0.1) is 0 Å². The normalized spacial score (nSPS) is 8.93. The summed E-state index contributed by atoms with van der Waals surface area (Å²) in [5.74, 6) is 0. The number of hydrogen-bond acceptors (Lipinski definition) is 1. The van der Waals surface area contributed by atoms with Crippen LogP contribution in [0.3, 0.4) is 0 Å². The maximum atomic E-state index is 3.40. The molecule has 0 aliphatic carbocycles. The third kappa shape index (κ3) is 5.72. The first-order valence-electron chi connectivity index (χ1n) is 3.66. The van der Waals surface area contributed by atoms with Crippen LogP contribution in [0.25, 0.3) is 0 Å². The van der Waals surface area contributed by atoms with E-state index in [1.807, 2.05) is 6.07 Å². The smallest absolute Gasteiger partial charge is 0.147 e. The van der Waals surface area contributed by atoms with Crippen LogP contribution in [0.2, 0.25) is 0 Å². The molecule has 81 valence electrons. The van der Waals surface area contributed by atoms with Crippen molar-refractivity contribution in [3.05, 3.63) is 35.9 Å². The molecule has 14 heavy (non-hydrogen) atoms. The van der Waals surface area contributed by atoms with Crippen LogP contribution in [0.5, 0.6) is 0 Å². The maximum Gasteiger partial charge on any atom is -0.147 e. The Morgan fingerprint density at radius 3 is 1.79 bits per heavy atom. The third-order valence-corrected chi connectivity index (χ3v) is 4.05. The average molecular weight is 422 g/mol. The van der Waals surface area contributed by atoms with Crippen molar-refractivity contribution in [1.29, 1.82) is 0 Å². The topological polar surface area (TPSA) is 12.0 Å². The summed E-state index contributed by atoms with van der Waals surface area (Å²) in [5, 5.41) is 0. The molecule has 0 bridgehead atoms. The Morgan fingerprint density at radius 2 is 1.43 bits per heavy atom. The van der Waals surface area contributed by atoms with Crippen LogP contribution in [0.4, 0.5) is 0 Å². The van der Waals surface area contributed by atoms with E-state index >= 15 is 0 Å². The standard InChI is InChI=1S/C9H12N.3ClH.Hf/c1-9(2,10)8-6-4-3-5-7-8;;;;/h3-7,10H,1-2H3;3*1H;/q-1;;;;+1. The van der Waals surface area contributed by atoms with E-state index in [4.69, 9.17) is 0 Å². The monoisotopic (exact) mass is 422 g/mol. The molecule has 1 aromatic carbocycles. The summed E-state index contributed by atoms with van der Waals surface area (Å²) in [5.41, 5.74) is 1.50. The molecule has 1 aromatic rings. The summed E-state index contributed by atoms with van der Waals surface area (Å²) in [6.45, 7) is 4.41. The van der Waals surface area contributed by atoms with Crippen molar-refractivity contribution >= 4 is 37.2 Å². The minimum Gasteiger partial charge on any atom is -0.147 e. The molecule has 0 radical (unpaired) electrons. The summed E-state index contributed by atoms with van der Waals surface area (Å²) in [4.78, 5) is 0. The molecule has 1 N–H and O–H groups in total. The van der Waals surface area contributed by atoms with E-state index in [1.165, 1.54) is 5.56 Å². The quantitative estimate of drug-likeness (QED) is 0.723. The number of benzene rings is 1. The summed E-state index contributed by atoms with van der Waals surface area (Å²) in [7, 11) is 0. The van der Waals surface area contributed by atoms with Crippen LogP contribution < -0.4 is 3.30 Å². The van der Waals surface area contributed by atoms with Crippen LogP contribution in [-0.2, 0) is 30.2 Å². The van der Waals surface area contributed by atoms with Gasteiger partial charge in [0.25, 0.3) is 0 Å². The largest absolute Gasteiger partial charge is 0.147 e. The second-order valence-electron chi connectivity index (χ2n) is 3.12. The van der Waals surface area contributed by atoms with Crippen LogP contribution in [0.15, 0.2) is 30.3 Å². The summed E-state index contributed by atoms with van der Waals surface area (Å²) in [6, 6.07) is 10.5. The molecule has 1 rings (SSSR count). The molecule has 0 aliphatic rings. The molecule has 1 nitrogen and oxygen atoms in total. The molecule has 0 atom stereocenters. The van der Waals surface area contributed by atoms with Crippen molar-refractivity contribution in [2.75, 3.05) is 0 Å². The average Bonchev–Trinajstić information content (AvgIpc) is 2.06. The Kier molecular flexibility index (Phi) is 13.3. The molecule has 0 saturated carbocycles. The van der Waals surface area contributed by atoms with Crippen molar-refractivity contribution in [2.45, 2.75) is 19.4 Å².